The Hall–Kier alpha value is -1.06. The van der Waals surface area contributed by atoms with Gasteiger partial charge in [-0.15, -0.1) is 11.6 Å². The molecule has 0 amide bonds. The summed E-state index contributed by atoms with van der Waals surface area (Å²) in [5.41, 5.74) is 2.69. The van der Waals surface area contributed by atoms with Gasteiger partial charge < -0.3 is 0 Å². The second-order valence-electron chi connectivity index (χ2n) is 3.55. The summed E-state index contributed by atoms with van der Waals surface area (Å²) in [5, 5.41) is 5.01. The van der Waals surface area contributed by atoms with Gasteiger partial charge in [0.1, 0.15) is 0 Å². The minimum Gasteiger partial charge on any atom is -0.237 e. The molecular weight excluding hydrogens is 245 g/mol. The molecule has 2 heterocycles. The monoisotopic (exact) mass is 255 g/mol. The third kappa shape index (κ3) is 1.93. The van der Waals surface area contributed by atoms with Crippen molar-refractivity contribution >= 4 is 23.2 Å². The number of nitrogens with zero attached hydrogens (tertiary/aromatic N) is 3. The van der Waals surface area contributed by atoms with Crippen LogP contribution < -0.4 is 0 Å². The van der Waals surface area contributed by atoms with Crippen LogP contribution in [-0.2, 0) is 5.88 Å². The number of hydrogen-bond donors (Lipinski definition) is 0. The predicted octanol–water partition coefficient (Wildman–Crippen LogP) is 3.28. The van der Waals surface area contributed by atoms with E-state index in [4.69, 9.17) is 23.2 Å². The summed E-state index contributed by atoms with van der Waals surface area (Å²) in [4.78, 5) is 4.29. The first kappa shape index (κ1) is 11.4. The largest absolute Gasteiger partial charge is 0.237 e. The summed E-state index contributed by atoms with van der Waals surface area (Å²) in [7, 11) is 0. The van der Waals surface area contributed by atoms with Gasteiger partial charge in [-0.05, 0) is 25.5 Å². The first-order valence-corrected chi connectivity index (χ1v) is 5.77. The minimum absolute atomic E-state index is 0.463. The summed E-state index contributed by atoms with van der Waals surface area (Å²) < 4.78 is 1.73. The molecule has 16 heavy (non-hydrogen) atoms. The molecule has 2 rings (SSSR count). The van der Waals surface area contributed by atoms with Gasteiger partial charge in [-0.1, -0.05) is 17.7 Å². The predicted molar refractivity (Wildman–Crippen MR) is 65.4 cm³/mol. The fourth-order valence-corrected chi connectivity index (χ4v) is 1.74. The van der Waals surface area contributed by atoms with Crippen molar-refractivity contribution in [2.24, 2.45) is 0 Å². The Morgan fingerprint density at radius 1 is 1.31 bits per heavy atom. The highest BCUT2D eigenvalue weighted by atomic mass is 35.5. The maximum absolute atomic E-state index is 6.07. The highest BCUT2D eigenvalue weighted by Gasteiger charge is 2.10. The fraction of sp³-hybridized carbons (Fsp3) is 0.273. The molecule has 0 N–H and O–H groups in total. The average Bonchev–Trinajstić information content (AvgIpc) is 2.57. The molecule has 0 saturated carbocycles. The lowest BCUT2D eigenvalue weighted by atomic mass is 10.3. The Bertz CT molecular complexity index is 503. The molecule has 5 heteroatoms. The van der Waals surface area contributed by atoms with Crippen LogP contribution >= 0.6 is 23.2 Å². The van der Waals surface area contributed by atoms with Crippen LogP contribution in [0.3, 0.4) is 0 Å². The standard InChI is InChI=1S/C11H11Cl2N3/c1-7-11(13)8(2)16(15-7)10-4-3-9(5-12)6-14-10/h3-4,6H,5H2,1-2H3. The zero-order valence-electron chi connectivity index (χ0n) is 9.04. The van der Waals surface area contributed by atoms with Gasteiger partial charge in [-0.2, -0.15) is 5.10 Å². The van der Waals surface area contributed by atoms with E-state index >= 15 is 0 Å². The van der Waals surface area contributed by atoms with Gasteiger partial charge in [0.2, 0.25) is 0 Å². The molecule has 3 nitrogen and oxygen atoms in total. The number of rotatable bonds is 2. The van der Waals surface area contributed by atoms with E-state index < -0.39 is 0 Å². The molecule has 0 saturated heterocycles. The van der Waals surface area contributed by atoms with Crippen LogP contribution in [0.5, 0.6) is 0 Å². The van der Waals surface area contributed by atoms with Crippen molar-refractivity contribution < 1.29 is 0 Å². The van der Waals surface area contributed by atoms with Crippen molar-refractivity contribution in [3.05, 3.63) is 40.3 Å². The van der Waals surface area contributed by atoms with Crippen molar-refractivity contribution in [3.63, 3.8) is 0 Å². The van der Waals surface area contributed by atoms with Gasteiger partial charge in [0, 0.05) is 12.1 Å². The van der Waals surface area contributed by atoms with Crippen LogP contribution in [0.4, 0.5) is 0 Å². The Labute approximate surface area is 104 Å². The quantitative estimate of drug-likeness (QED) is 0.772. The molecule has 0 unspecified atom stereocenters. The van der Waals surface area contributed by atoms with Crippen molar-refractivity contribution in [2.75, 3.05) is 0 Å². The van der Waals surface area contributed by atoms with Crippen LogP contribution in [0.2, 0.25) is 5.02 Å². The summed E-state index contributed by atoms with van der Waals surface area (Å²) in [5.74, 6) is 1.21. The molecule has 84 valence electrons. The lowest BCUT2D eigenvalue weighted by Crippen LogP contribution is -2.01. The molecule has 0 aromatic carbocycles. The number of alkyl halides is 1. The molecule has 0 aliphatic carbocycles. The molecule has 0 aliphatic rings. The number of pyridine rings is 1. The average molecular weight is 256 g/mol. The maximum atomic E-state index is 6.07. The van der Waals surface area contributed by atoms with Gasteiger partial charge in [0.05, 0.1) is 16.4 Å². The molecule has 2 aromatic heterocycles. The Kier molecular flexibility index (Phi) is 3.17. The third-order valence-corrected chi connectivity index (χ3v) is 3.24. The zero-order valence-corrected chi connectivity index (χ0v) is 10.5. The molecule has 0 bridgehead atoms. The summed E-state index contributed by atoms with van der Waals surface area (Å²) in [6.45, 7) is 3.79. The summed E-state index contributed by atoms with van der Waals surface area (Å²) >= 11 is 11.8. The zero-order chi connectivity index (χ0) is 11.7. The topological polar surface area (TPSA) is 30.7 Å². The van der Waals surface area contributed by atoms with Crippen molar-refractivity contribution in [3.8, 4) is 5.82 Å². The van der Waals surface area contributed by atoms with Crippen LogP contribution in [0, 0.1) is 13.8 Å². The lowest BCUT2D eigenvalue weighted by Gasteiger charge is -2.03. The molecule has 0 atom stereocenters. The van der Waals surface area contributed by atoms with E-state index in [-0.39, 0.29) is 0 Å². The lowest BCUT2D eigenvalue weighted by molar-refractivity contribution is 0.805. The highest BCUT2D eigenvalue weighted by Crippen LogP contribution is 2.21. The summed E-state index contributed by atoms with van der Waals surface area (Å²) in [6.07, 6.45) is 1.74. The van der Waals surface area contributed by atoms with E-state index in [1.807, 2.05) is 26.0 Å². The molecule has 0 spiro atoms. The number of aromatic nitrogens is 3. The Morgan fingerprint density at radius 2 is 2.06 bits per heavy atom. The number of aryl methyl sites for hydroxylation is 1. The SMILES string of the molecule is Cc1nn(-c2ccc(CCl)cn2)c(C)c1Cl. The number of hydrogen-bond acceptors (Lipinski definition) is 2. The van der Waals surface area contributed by atoms with Crippen LogP contribution in [0.1, 0.15) is 17.0 Å². The van der Waals surface area contributed by atoms with Gasteiger partial charge in [-0.3, -0.25) is 0 Å². The Morgan fingerprint density at radius 3 is 2.50 bits per heavy atom. The molecule has 0 radical (unpaired) electrons. The first-order chi connectivity index (χ1) is 7.63. The molecule has 0 fully saturated rings. The maximum Gasteiger partial charge on any atom is 0.153 e. The second-order valence-corrected chi connectivity index (χ2v) is 4.20. The van der Waals surface area contributed by atoms with Gasteiger partial charge in [-0.25, -0.2) is 9.67 Å². The van der Waals surface area contributed by atoms with E-state index in [1.54, 1.807) is 10.9 Å². The number of halogens is 2. The molecule has 0 aliphatic heterocycles. The van der Waals surface area contributed by atoms with Gasteiger partial charge in [0.25, 0.3) is 0 Å². The molecule has 2 aromatic rings. The molecular formula is C11H11Cl2N3. The fourth-order valence-electron chi connectivity index (χ4n) is 1.47. The smallest absolute Gasteiger partial charge is 0.153 e. The first-order valence-electron chi connectivity index (χ1n) is 4.86. The second kappa shape index (κ2) is 4.44. The van der Waals surface area contributed by atoms with Crippen molar-refractivity contribution in [2.45, 2.75) is 19.7 Å². The van der Waals surface area contributed by atoms with Gasteiger partial charge >= 0.3 is 0 Å². The van der Waals surface area contributed by atoms with Gasteiger partial charge in [0.15, 0.2) is 5.82 Å². The highest BCUT2D eigenvalue weighted by molar-refractivity contribution is 6.31. The van der Waals surface area contributed by atoms with Crippen molar-refractivity contribution in [1.82, 2.24) is 14.8 Å². The Balaban J connectivity index is 2.46. The summed E-state index contributed by atoms with van der Waals surface area (Å²) in [6, 6.07) is 3.81. The minimum atomic E-state index is 0.463. The van der Waals surface area contributed by atoms with Crippen LogP contribution in [0.25, 0.3) is 5.82 Å². The van der Waals surface area contributed by atoms with E-state index in [1.165, 1.54) is 0 Å². The van der Waals surface area contributed by atoms with E-state index in [0.717, 1.165) is 22.8 Å². The normalized spacial score (nSPS) is 10.8. The third-order valence-electron chi connectivity index (χ3n) is 2.38. The van der Waals surface area contributed by atoms with Crippen LogP contribution in [0.15, 0.2) is 18.3 Å². The van der Waals surface area contributed by atoms with Crippen LogP contribution in [-0.4, -0.2) is 14.8 Å². The van der Waals surface area contributed by atoms with E-state index in [9.17, 15) is 0 Å². The van der Waals surface area contributed by atoms with Crippen molar-refractivity contribution in [1.29, 1.82) is 0 Å². The van der Waals surface area contributed by atoms with E-state index in [0.29, 0.717) is 10.9 Å². The van der Waals surface area contributed by atoms with E-state index in [2.05, 4.69) is 10.1 Å².